The number of para-hydroxylation sites is 1. The van der Waals surface area contributed by atoms with Crippen LogP contribution in [0.1, 0.15) is 44.8 Å². The Kier molecular flexibility index (Phi) is 9.10. The minimum Gasteiger partial charge on any atom is -0.492 e. The van der Waals surface area contributed by atoms with Gasteiger partial charge in [-0.1, -0.05) is 37.6 Å². The number of rotatable bonds is 9. The van der Waals surface area contributed by atoms with Gasteiger partial charge in [0.15, 0.2) is 5.82 Å². The maximum absolute atomic E-state index is 6.56. The van der Waals surface area contributed by atoms with Gasteiger partial charge in [0, 0.05) is 30.7 Å². The highest BCUT2D eigenvalue weighted by Crippen LogP contribution is 2.29. The highest BCUT2D eigenvalue weighted by molar-refractivity contribution is 6.32. The summed E-state index contributed by atoms with van der Waals surface area (Å²) in [6.07, 6.45) is 3.94. The van der Waals surface area contributed by atoms with Crippen molar-refractivity contribution in [1.29, 1.82) is 0 Å². The molecule has 1 atom stereocenters. The number of aryl methyl sites for hydroxylation is 1. The number of ether oxygens (including phenoxy) is 3. The van der Waals surface area contributed by atoms with Gasteiger partial charge in [-0.2, -0.15) is 0 Å². The van der Waals surface area contributed by atoms with E-state index in [0.29, 0.717) is 59.3 Å². The van der Waals surface area contributed by atoms with E-state index in [9.17, 15) is 0 Å². The van der Waals surface area contributed by atoms with Crippen LogP contribution in [-0.2, 0) is 11.2 Å². The molecule has 4 heterocycles. The zero-order valence-electron chi connectivity index (χ0n) is 21.8. The zero-order valence-corrected chi connectivity index (χ0v) is 22.5. The average molecular weight is 536 g/mol. The molecular weight excluding hydrogens is 506 g/mol. The van der Waals surface area contributed by atoms with Crippen molar-refractivity contribution >= 4 is 17.5 Å². The average Bonchev–Trinajstić information content (AvgIpc) is 3.61. The first-order valence-electron chi connectivity index (χ1n) is 12.4. The van der Waals surface area contributed by atoms with Crippen LogP contribution in [0, 0.1) is 0 Å². The first-order chi connectivity index (χ1) is 18.7. The van der Waals surface area contributed by atoms with Crippen molar-refractivity contribution < 1.29 is 14.2 Å². The van der Waals surface area contributed by atoms with E-state index in [0.717, 1.165) is 11.3 Å². The summed E-state index contributed by atoms with van der Waals surface area (Å²) in [6.45, 7) is 6.50. The van der Waals surface area contributed by atoms with E-state index in [1.54, 1.807) is 25.6 Å². The molecule has 10 nitrogen and oxygen atoms in total. The Balaban J connectivity index is 0.00000164. The van der Waals surface area contributed by atoms with Crippen LogP contribution in [0.15, 0.2) is 66.0 Å². The van der Waals surface area contributed by atoms with Gasteiger partial charge in [0.2, 0.25) is 18.0 Å². The fourth-order valence-electron chi connectivity index (χ4n) is 3.79. The minimum atomic E-state index is -0.415. The lowest BCUT2D eigenvalue weighted by atomic mass is 10.2. The second-order valence-electron chi connectivity index (χ2n) is 7.80. The molecule has 0 amide bonds. The van der Waals surface area contributed by atoms with Gasteiger partial charge < -0.3 is 14.2 Å². The van der Waals surface area contributed by atoms with Crippen LogP contribution in [0.2, 0.25) is 5.02 Å². The number of pyridine rings is 2. The second-order valence-corrected chi connectivity index (χ2v) is 8.21. The van der Waals surface area contributed by atoms with Crippen molar-refractivity contribution in [2.75, 3.05) is 13.7 Å². The monoisotopic (exact) mass is 535 g/mol. The van der Waals surface area contributed by atoms with Crippen molar-refractivity contribution in [1.82, 2.24) is 30.2 Å². The lowest BCUT2D eigenvalue weighted by Crippen LogP contribution is -2.13. The summed E-state index contributed by atoms with van der Waals surface area (Å²) < 4.78 is 18.6. The zero-order chi connectivity index (χ0) is 26.9. The number of hydrogen-bond acceptors (Lipinski definition) is 9. The molecule has 0 radical (unpaired) electrons. The van der Waals surface area contributed by atoms with Crippen molar-refractivity contribution in [2.45, 2.75) is 39.8 Å². The number of methoxy groups -OCH3 is 1. The molecule has 1 unspecified atom stereocenters. The third-order valence-corrected chi connectivity index (χ3v) is 5.81. The summed E-state index contributed by atoms with van der Waals surface area (Å²) in [7, 11) is 1.57. The lowest BCUT2D eigenvalue weighted by molar-refractivity contribution is 0.186. The highest BCUT2D eigenvalue weighted by Gasteiger charge is 2.24. The molecule has 0 bridgehead atoms. The van der Waals surface area contributed by atoms with Crippen LogP contribution >= 0.6 is 11.6 Å². The molecule has 0 aliphatic carbocycles. The van der Waals surface area contributed by atoms with Gasteiger partial charge in [0.25, 0.3) is 0 Å². The predicted octanol–water partition coefficient (Wildman–Crippen LogP) is 5.38. The summed E-state index contributed by atoms with van der Waals surface area (Å²) in [4.78, 5) is 8.65. The van der Waals surface area contributed by atoms with E-state index in [-0.39, 0.29) is 0 Å². The summed E-state index contributed by atoms with van der Waals surface area (Å²) in [5, 5.41) is 13.8. The third kappa shape index (κ3) is 6.03. The molecule has 4 aromatic rings. The van der Waals surface area contributed by atoms with Crippen LogP contribution in [-0.4, -0.2) is 44.3 Å². The molecule has 0 spiro atoms. The van der Waals surface area contributed by atoms with Crippen molar-refractivity contribution in [3.8, 4) is 28.8 Å². The standard InChI is InChI=1S/C25H24ClN7O3.C2H6/c1-3-35-17-8-9-19(28-15-17)24-31-29-21(33(24)20-7-5-4-6-18(20)26)10-11-22-30-32-25(36-22)16-12-13-27-23(14-16)34-2;1-2/h4-9,12-15,25,32H,3,10-11H2,1-2H3;1-2H3. The van der Waals surface area contributed by atoms with Gasteiger partial charge in [-0.3, -0.25) is 9.99 Å². The molecule has 11 heteroatoms. The number of hydrogen-bond donors (Lipinski definition) is 1. The quantitative estimate of drug-likeness (QED) is 0.304. The molecule has 1 aliphatic rings. The molecule has 0 fully saturated rings. The summed E-state index contributed by atoms with van der Waals surface area (Å²) >= 11 is 6.56. The Morgan fingerprint density at radius 3 is 2.63 bits per heavy atom. The van der Waals surface area contributed by atoms with E-state index in [2.05, 4.69) is 30.7 Å². The van der Waals surface area contributed by atoms with Gasteiger partial charge in [0.05, 0.1) is 30.6 Å². The van der Waals surface area contributed by atoms with Crippen LogP contribution < -0.4 is 14.9 Å². The van der Waals surface area contributed by atoms with E-state index in [1.807, 2.05) is 67.8 Å². The molecule has 1 aromatic carbocycles. The Morgan fingerprint density at radius 2 is 1.89 bits per heavy atom. The van der Waals surface area contributed by atoms with Gasteiger partial charge in [0.1, 0.15) is 17.3 Å². The molecule has 5 rings (SSSR count). The van der Waals surface area contributed by atoms with E-state index in [1.165, 1.54) is 0 Å². The molecule has 198 valence electrons. The number of nitrogens with one attached hydrogen (secondary N) is 1. The van der Waals surface area contributed by atoms with E-state index in [4.69, 9.17) is 25.8 Å². The number of benzene rings is 1. The normalized spacial score (nSPS) is 14.0. The fourth-order valence-corrected chi connectivity index (χ4v) is 4.01. The van der Waals surface area contributed by atoms with E-state index < -0.39 is 6.23 Å². The molecule has 1 aliphatic heterocycles. The molecule has 0 saturated heterocycles. The van der Waals surface area contributed by atoms with Crippen LogP contribution in [0.3, 0.4) is 0 Å². The number of nitrogens with zero attached hydrogens (tertiary/aromatic N) is 6. The lowest BCUT2D eigenvalue weighted by Gasteiger charge is -2.13. The molecule has 1 N–H and O–H groups in total. The van der Waals surface area contributed by atoms with E-state index >= 15 is 0 Å². The third-order valence-electron chi connectivity index (χ3n) is 5.49. The SMILES string of the molecule is CC.CCOc1ccc(-c2nnc(CCC3=NNC(c4ccnc(OC)c4)O3)n2-c2ccccc2Cl)nc1. The van der Waals surface area contributed by atoms with Crippen molar-refractivity contribution in [3.05, 3.63) is 77.3 Å². The number of aromatic nitrogens is 5. The Labute approximate surface area is 226 Å². The van der Waals surface area contributed by atoms with Crippen molar-refractivity contribution in [2.24, 2.45) is 5.10 Å². The van der Waals surface area contributed by atoms with Gasteiger partial charge in [-0.15, -0.1) is 15.3 Å². The van der Waals surface area contributed by atoms with Gasteiger partial charge >= 0.3 is 0 Å². The van der Waals surface area contributed by atoms with Crippen molar-refractivity contribution in [3.63, 3.8) is 0 Å². The maximum atomic E-state index is 6.56. The summed E-state index contributed by atoms with van der Waals surface area (Å²) in [5.74, 6) is 3.04. The second kappa shape index (κ2) is 12.9. The highest BCUT2D eigenvalue weighted by atomic mass is 35.5. The predicted molar refractivity (Wildman–Crippen MR) is 146 cm³/mol. The summed E-state index contributed by atoms with van der Waals surface area (Å²) in [6, 6.07) is 14.9. The van der Waals surface area contributed by atoms with Crippen LogP contribution in [0.5, 0.6) is 11.6 Å². The van der Waals surface area contributed by atoms with Gasteiger partial charge in [-0.25, -0.2) is 9.97 Å². The molecule has 3 aromatic heterocycles. The largest absolute Gasteiger partial charge is 0.492 e. The molecule has 38 heavy (non-hydrogen) atoms. The fraction of sp³-hybridized carbons (Fsp3) is 0.296. The topological polar surface area (TPSA) is 109 Å². The summed E-state index contributed by atoms with van der Waals surface area (Å²) in [5.41, 5.74) is 5.29. The molecule has 0 saturated carbocycles. The molecular formula is C27H30ClN7O3. The number of hydrazone groups is 1. The Bertz CT molecular complexity index is 1380. The maximum Gasteiger partial charge on any atom is 0.213 e. The Morgan fingerprint density at radius 1 is 1.05 bits per heavy atom. The van der Waals surface area contributed by atoms with Crippen LogP contribution in [0.25, 0.3) is 17.2 Å². The first-order valence-corrected chi connectivity index (χ1v) is 12.8. The minimum absolute atomic E-state index is 0.415. The number of halogens is 1. The van der Waals surface area contributed by atoms with Gasteiger partial charge in [-0.05, 0) is 37.3 Å². The van der Waals surface area contributed by atoms with Crippen LogP contribution in [0.4, 0.5) is 0 Å². The first kappa shape index (κ1) is 26.9. The Hall–Kier alpha value is -4.18. The smallest absolute Gasteiger partial charge is 0.213 e.